The number of methoxy groups -OCH3 is 1. The molecule has 2 rings (SSSR count). The SMILES string of the molecule is COC(=O)C1COCCN1CC(=O)NCC1CCCO1. The average molecular weight is 286 g/mol. The fraction of sp³-hybridized carbons (Fsp3) is 0.846. The highest BCUT2D eigenvalue weighted by atomic mass is 16.5. The van der Waals surface area contributed by atoms with Gasteiger partial charge in [-0.3, -0.25) is 14.5 Å². The Morgan fingerprint density at radius 1 is 1.40 bits per heavy atom. The van der Waals surface area contributed by atoms with E-state index in [0.717, 1.165) is 19.4 Å². The lowest BCUT2D eigenvalue weighted by atomic mass is 10.2. The van der Waals surface area contributed by atoms with Crippen LogP contribution in [0.3, 0.4) is 0 Å². The summed E-state index contributed by atoms with van der Waals surface area (Å²) in [5, 5.41) is 2.85. The number of amides is 1. The maximum Gasteiger partial charge on any atom is 0.325 e. The molecule has 2 aliphatic rings. The van der Waals surface area contributed by atoms with E-state index in [0.29, 0.717) is 19.7 Å². The van der Waals surface area contributed by atoms with Crippen molar-refractivity contribution < 1.29 is 23.8 Å². The molecule has 0 aromatic carbocycles. The Labute approximate surface area is 118 Å². The Kier molecular flexibility index (Phi) is 5.75. The van der Waals surface area contributed by atoms with Crippen LogP contribution in [0.4, 0.5) is 0 Å². The van der Waals surface area contributed by atoms with Crippen molar-refractivity contribution in [3.63, 3.8) is 0 Å². The normalized spacial score (nSPS) is 27.2. The van der Waals surface area contributed by atoms with Gasteiger partial charge in [0.05, 0.1) is 33.0 Å². The van der Waals surface area contributed by atoms with E-state index in [2.05, 4.69) is 5.32 Å². The van der Waals surface area contributed by atoms with Crippen LogP contribution in [0.5, 0.6) is 0 Å². The summed E-state index contributed by atoms with van der Waals surface area (Å²) >= 11 is 0. The van der Waals surface area contributed by atoms with E-state index >= 15 is 0 Å². The van der Waals surface area contributed by atoms with Crippen molar-refractivity contribution in [1.29, 1.82) is 0 Å². The van der Waals surface area contributed by atoms with Gasteiger partial charge in [0.15, 0.2) is 0 Å². The Hall–Kier alpha value is -1.18. The molecule has 0 bridgehead atoms. The first kappa shape index (κ1) is 15.2. The number of esters is 1. The Bertz CT molecular complexity index is 344. The molecule has 114 valence electrons. The van der Waals surface area contributed by atoms with Crippen LogP contribution >= 0.6 is 0 Å². The summed E-state index contributed by atoms with van der Waals surface area (Å²) in [5.41, 5.74) is 0. The first-order valence-electron chi connectivity index (χ1n) is 6.98. The topological polar surface area (TPSA) is 77.1 Å². The van der Waals surface area contributed by atoms with Gasteiger partial charge in [0.1, 0.15) is 6.04 Å². The molecule has 0 spiro atoms. The van der Waals surface area contributed by atoms with Gasteiger partial charge in [0.2, 0.25) is 5.91 Å². The molecule has 20 heavy (non-hydrogen) atoms. The molecule has 0 aromatic heterocycles. The first-order chi connectivity index (χ1) is 9.70. The average Bonchev–Trinajstić information content (AvgIpc) is 2.98. The molecule has 0 aromatic rings. The predicted octanol–water partition coefficient (Wildman–Crippen LogP) is -0.845. The van der Waals surface area contributed by atoms with Crippen molar-refractivity contribution in [2.45, 2.75) is 25.0 Å². The van der Waals surface area contributed by atoms with Crippen LogP contribution in [0.2, 0.25) is 0 Å². The van der Waals surface area contributed by atoms with Crippen LogP contribution in [0, 0.1) is 0 Å². The van der Waals surface area contributed by atoms with E-state index in [1.165, 1.54) is 7.11 Å². The molecule has 7 nitrogen and oxygen atoms in total. The molecule has 2 unspecified atom stereocenters. The number of hydrogen-bond acceptors (Lipinski definition) is 6. The van der Waals surface area contributed by atoms with Crippen molar-refractivity contribution in [3.8, 4) is 0 Å². The minimum Gasteiger partial charge on any atom is -0.468 e. The number of hydrogen-bond donors (Lipinski definition) is 1. The third-order valence-corrected chi connectivity index (χ3v) is 3.61. The highest BCUT2D eigenvalue weighted by Gasteiger charge is 2.31. The maximum atomic E-state index is 11.9. The largest absolute Gasteiger partial charge is 0.468 e. The van der Waals surface area contributed by atoms with Gasteiger partial charge in [-0.05, 0) is 12.8 Å². The van der Waals surface area contributed by atoms with Gasteiger partial charge in [-0.1, -0.05) is 0 Å². The Morgan fingerprint density at radius 2 is 2.25 bits per heavy atom. The molecule has 2 fully saturated rings. The molecule has 2 atom stereocenters. The van der Waals surface area contributed by atoms with Gasteiger partial charge in [-0.2, -0.15) is 0 Å². The lowest BCUT2D eigenvalue weighted by Crippen LogP contribution is -2.53. The summed E-state index contributed by atoms with van der Waals surface area (Å²) in [6, 6.07) is -0.498. The molecular weight excluding hydrogens is 264 g/mol. The fourth-order valence-corrected chi connectivity index (χ4v) is 2.45. The van der Waals surface area contributed by atoms with Gasteiger partial charge in [-0.25, -0.2) is 0 Å². The molecule has 0 radical (unpaired) electrons. The molecule has 2 aliphatic heterocycles. The van der Waals surface area contributed by atoms with Crippen LogP contribution in [0.1, 0.15) is 12.8 Å². The van der Waals surface area contributed by atoms with Gasteiger partial charge < -0.3 is 19.5 Å². The summed E-state index contributed by atoms with van der Waals surface area (Å²) in [4.78, 5) is 25.3. The van der Waals surface area contributed by atoms with Gasteiger partial charge in [-0.15, -0.1) is 0 Å². The number of ether oxygens (including phenoxy) is 3. The van der Waals surface area contributed by atoms with Gasteiger partial charge >= 0.3 is 5.97 Å². The summed E-state index contributed by atoms with van der Waals surface area (Å²) < 4.78 is 15.4. The summed E-state index contributed by atoms with van der Waals surface area (Å²) in [5.74, 6) is -0.465. The van der Waals surface area contributed by atoms with E-state index in [-0.39, 0.29) is 31.1 Å². The van der Waals surface area contributed by atoms with Crippen LogP contribution in [0.15, 0.2) is 0 Å². The standard InChI is InChI=1S/C13H22N2O5/c1-18-13(17)11-9-19-6-4-15(11)8-12(16)14-7-10-3-2-5-20-10/h10-11H,2-9H2,1H3,(H,14,16). The van der Waals surface area contributed by atoms with Crippen molar-refractivity contribution >= 4 is 11.9 Å². The smallest absolute Gasteiger partial charge is 0.325 e. The van der Waals surface area contributed by atoms with Crippen LogP contribution < -0.4 is 5.32 Å². The van der Waals surface area contributed by atoms with Crippen molar-refractivity contribution in [1.82, 2.24) is 10.2 Å². The summed E-state index contributed by atoms with van der Waals surface area (Å²) in [7, 11) is 1.34. The molecule has 2 heterocycles. The van der Waals surface area contributed by atoms with E-state index in [1.807, 2.05) is 0 Å². The predicted molar refractivity (Wildman–Crippen MR) is 70.2 cm³/mol. The summed E-state index contributed by atoms with van der Waals surface area (Å²) in [6.45, 7) is 2.82. The van der Waals surface area contributed by atoms with Gasteiger partial charge in [0.25, 0.3) is 0 Å². The maximum absolute atomic E-state index is 11.9. The number of nitrogens with one attached hydrogen (secondary N) is 1. The van der Waals surface area contributed by atoms with Crippen molar-refractivity contribution in [2.24, 2.45) is 0 Å². The number of morpholine rings is 1. The van der Waals surface area contributed by atoms with Crippen molar-refractivity contribution in [3.05, 3.63) is 0 Å². The van der Waals surface area contributed by atoms with Crippen LogP contribution in [-0.2, 0) is 23.8 Å². The lowest BCUT2D eigenvalue weighted by Gasteiger charge is -2.32. The Balaban J connectivity index is 1.77. The quantitative estimate of drug-likeness (QED) is 0.664. The van der Waals surface area contributed by atoms with E-state index in [4.69, 9.17) is 14.2 Å². The monoisotopic (exact) mass is 286 g/mol. The van der Waals surface area contributed by atoms with Crippen LogP contribution in [0.25, 0.3) is 0 Å². The minimum absolute atomic E-state index is 0.101. The van der Waals surface area contributed by atoms with E-state index in [9.17, 15) is 9.59 Å². The molecule has 2 saturated heterocycles. The highest BCUT2D eigenvalue weighted by molar-refractivity contribution is 5.80. The van der Waals surface area contributed by atoms with Gasteiger partial charge in [0, 0.05) is 19.7 Å². The van der Waals surface area contributed by atoms with Crippen molar-refractivity contribution in [2.75, 3.05) is 46.6 Å². The second-order valence-electron chi connectivity index (χ2n) is 5.02. The first-order valence-corrected chi connectivity index (χ1v) is 6.98. The third kappa shape index (κ3) is 4.16. The molecule has 1 amide bonds. The Morgan fingerprint density at radius 3 is 2.95 bits per heavy atom. The third-order valence-electron chi connectivity index (χ3n) is 3.61. The van der Waals surface area contributed by atoms with Crippen LogP contribution in [-0.4, -0.2) is 75.5 Å². The molecule has 1 N–H and O–H groups in total. The zero-order valence-electron chi connectivity index (χ0n) is 11.8. The molecule has 0 aliphatic carbocycles. The lowest BCUT2D eigenvalue weighted by molar-refractivity contribution is -0.154. The summed E-state index contributed by atoms with van der Waals surface area (Å²) in [6.07, 6.45) is 2.16. The number of rotatable bonds is 5. The number of carbonyl (C=O) groups is 2. The highest BCUT2D eigenvalue weighted by Crippen LogP contribution is 2.11. The molecule has 7 heteroatoms. The second kappa shape index (κ2) is 7.56. The van der Waals surface area contributed by atoms with E-state index < -0.39 is 6.04 Å². The molecule has 0 saturated carbocycles. The second-order valence-corrected chi connectivity index (χ2v) is 5.02. The number of nitrogens with zero attached hydrogens (tertiary/aromatic N) is 1. The zero-order chi connectivity index (χ0) is 14.4. The fourth-order valence-electron chi connectivity index (χ4n) is 2.45. The minimum atomic E-state index is -0.498. The zero-order valence-corrected chi connectivity index (χ0v) is 11.8. The molecular formula is C13H22N2O5. The van der Waals surface area contributed by atoms with E-state index in [1.54, 1.807) is 4.90 Å². The number of carbonyl (C=O) groups excluding carboxylic acids is 2.